The van der Waals surface area contributed by atoms with Crippen molar-refractivity contribution in [3.63, 3.8) is 0 Å². The minimum Gasteiger partial charge on any atom is -0.405 e. The van der Waals surface area contributed by atoms with E-state index in [1.54, 1.807) is 6.07 Å². The van der Waals surface area contributed by atoms with Crippen LogP contribution in [-0.4, -0.2) is 59.4 Å². The van der Waals surface area contributed by atoms with Crippen molar-refractivity contribution >= 4 is 11.8 Å². The molecule has 0 saturated heterocycles. The number of ether oxygens (including phenoxy) is 1. The molecule has 0 radical (unpaired) electrons. The summed E-state index contributed by atoms with van der Waals surface area (Å²) in [6.07, 6.45) is 2.46. The van der Waals surface area contributed by atoms with Gasteiger partial charge in [-0.1, -0.05) is 18.2 Å². The fraction of sp³-hybridized carbons (Fsp3) is 0.621. The van der Waals surface area contributed by atoms with E-state index in [0.717, 1.165) is 25.8 Å². The molecular weight excluding hydrogens is 537 g/mol. The number of halogens is 3. The monoisotopic (exact) mass is 574 g/mol. The molecule has 4 fully saturated rings. The molecule has 1 aromatic carbocycles. The van der Waals surface area contributed by atoms with Gasteiger partial charge in [-0.25, -0.2) is 4.98 Å². The van der Waals surface area contributed by atoms with Crippen molar-refractivity contribution in [2.24, 2.45) is 35.0 Å². The van der Waals surface area contributed by atoms with Gasteiger partial charge < -0.3 is 30.9 Å². The van der Waals surface area contributed by atoms with Gasteiger partial charge in [-0.2, -0.15) is 10.2 Å². The zero-order valence-corrected chi connectivity index (χ0v) is 22.8. The number of aliphatic hydroxyl groups excluding tert-OH is 2. The standard InChI is InChI=1S/C29H37F3N6O3/c30-29(31,32)41-25-4-2-1-3-20(25)12-35-27-36-13-23(10-33)26(38-27)37-17-28-7-18-5-21(8-28)24(22(6-18)9-28)14-34-11-19(15-39)16-40/h1-4,13,18-19,21-22,24,34,39-40H,5-9,11-12,14-17H2,(H2,35,36,37,38)/t18?,21-,22+,24?,28?. The Morgan fingerprint density at radius 1 is 1.10 bits per heavy atom. The molecule has 1 aromatic heterocycles. The van der Waals surface area contributed by atoms with E-state index in [0.29, 0.717) is 53.7 Å². The molecule has 1 heterocycles. The second-order valence-electron chi connectivity index (χ2n) is 12.0. The summed E-state index contributed by atoms with van der Waals surface area (Å²) >= 11 is 0. The number of nitrogens with one attached hydrogen (secondary N) is 3. The molecule has 0 amide bonds. The van der Waals surface area contributed by atoms with Gasteiger partial charge in [0.25, 0.3) is 0 Å². The predicted molar refractivity (Wildman–Crippen MR) is 146 cm³/mol. The van der Waals surface area contributed by atoms with Crippen molar-refractivity contribution in [1.29, 1.82) is 5.26 Å². The fourth-order valence-corrected chi connectivity index (χ4v) is 7.49. The van der Waals surface area contributed by atoms with Crippen molar-refractivity contribution in [1.82, 2.24) is 15.3 Å². The summed E-state index contributed by atoms with van der Waals surface area (Å²) in [4.78, 5) is 8.68. The van der Waals surface area contributed by atoms with Crippen molar-refractivity contribution < 1.29 is 28.1 Å². The Morgan fingerprint density at radius 2 is 1.83 bits per heavy atom. The number of hydrogen-bond donors (Lipinski definition) is 5. The number of aliphatic hydroxyl groups is 2. The summed E-state index contributed by atoms with van der Waals surface area (Å²) in [5, 5.41) is 38.2. The van der Waals surface area contributed by atoms with E-state index in [1.165, 1.54) is 37.2 Å². The quantitative estimate of drug-likeness (QED) is 0.241. The molecule has 4 aliphatic carbocycles. The first-order valence-corrected chi connectivity index (χ1v) is 14.2. The third kappa shape index (κ3) is 7.02. The van der Waals surface area contributed by atoms with E-state index >= 15 is 0 Å². The summed E-state index contributed by atoms with van der Waals surface area (Å²) in [5.74, 6) is 2.72. The number of benzene rings is 1. The highest BCUT2D eigenvalue weighted by atomic mass is 19.4. The molecule has 2 aromatic rings. The number of aromatic nitrogens is 2. The number of anilines is 2. The molecule has 41 heavy (non-hydrogen) atoms. The zero-order chi connectivity index (χ0) is 29.0. The minimum atomic E-state index is -4.80. The smallest absolute Gasteiger partial charge is 0.405 e. The number of alkyl halides is 3. The van der Waals surface area contributed by atoms with E-state index in [-0.39, 0.29) is 42.8 Å². The Bertz CT molecular complexity index is 1220. The Labute approximate surface area is 237 Å². The zero-order valence-electron chi connectivity index (χ0n) is 22.8. The molecule has 5 atom stereocenters. The topological polar surface area (TPSA) is 135 Å². The van der Waals surface area contributed by atoms with E-state index < -0.39 is 6.36 Å². The van der Waals surface area contributed by atoms with Crippen LogP contribution in [0.4, 0.5) is 24.9 Å². The maximum Gasteiger partial charge on any atom is 0.573 e. The molecule has 9 nitrogen and oxygen atoms in total. The van der Waals surface area contributed by atoms with E-state index in [9.17, 15) is 28.6 Å². The highest BCUT2D eigenvalue weighted by Crippen LogP contribution is 2.62. The van der Waals surface area contributed by atoms with Gasteiger partial charge in [0.15, 0.2) is 0 Å². The van der Waals surface area contributed by atoms with Gasteiger partial charge >= 0.3 is 6.36 Å². The fourth-order valence-electron chi connectivity index (χ4n) is 7.49. The van der Waals surface area contributed by atoms with Crippen LogP contribution in [0.15, 0.2) is 30.5 Å². The van der Waals surface area contributed by atoms with Crippen LogP contribution in [0.25, 0.3) is 0 Å². The summed E-state index contributed by atoms with van der Waals surface area (Å²) < 4.78 is 42.5. The molecule has 4 aliphatic rings. The third-order valence-electron chi connectivity index (χ3n) is 9.10. The van der Waals surface area contributed by atoms with Crippen molar-refractivity contribution in [2.45, 2.75) is 45.0 Å². The maximum atomic E-state index is 12.8. The van der Waals surface area contributed by atoms with Crippen LogP contribution in [0.2, 0.25) is 0 Å². The van der Waals surface area contributed by atoms with Gasteiger partial charge in [-0.3, -0.25) is 0 Å². The third-order valence-corrected chi connectivity index (χ3v) is 9.10. The SMILES string of the molecule is N#Cc1cnc(NCc2ccccc2OC(F)(F)F)nc1NCC12CC3C[C@H](C1)C(CNCC(CO)CO)[C@@H](C3)C2. The molecule has 4 bridgehead atoms. The lowest BCUT2D eigenvalue weighted by molar-refractivity contribution is -0.274. The average Bonchev–Trinajstić information content (AvgIpc) is 2.94. The molecule has 5 N–H and O–H groups in total. The highest BCUT2D eigenvalue weighted by molar-refractivity contribution is 5.53. The molecule has 3 unspecified atom stereocenters. The Balaban J connectivity index is 1.21. The van der Waals surface area contributed by atoms with Crippen molar-refractivity contribution in [2.75, 3.05) is 43.5 Å². The summed E-state index contributed by atoms with van der Waals surface area (Å²) in [6, 6.07) is 8.02. The number of nitriles is 1. The van der Waals surface area contributed by atoms with Crippen LogP contribution in [0.3, 0.4) is 0 Å². The van der Waals surface area contributed by atoms with Gasteiger partial charge in [-0.15, -0.1) is 13.2 Å². The lowest BCUT2D eigenvalue weighted by Crippen LogP contribution is -2.55. The van der Waals surface area contributed by atoms with Crippen LogP contribution in [0, 0.1) is 46.3 Å². The molecule has 0 spiro atoms. The Hall–Kier alpha value is -3.14. The summed E-state index contributed by atoms with van der Waals surface area (Å²) in [5.41, 5.74) is 0.740. The van der Waals surface area contributed by atoms with Crippen LogP contribution in [-0.2, 0) is 6.54 Å². The van der Waals surface area contributed by atoms with Crippen LogP contribution < -0.4 is 20.7 Å². The van der Waals surface area contributed by atoms with Gasteiger partial charge in [0, 0.05) is 44.3 Å². The first kappa shape index (κ1) is 29.4. The van der Waals surface area contributed by atoms with Gasteiger partial charge in [0.05, 0.1) is 6.20 Å². The molecule has 0 aliphatic heterocycles. The van der Waals surface area contributed by atoms with Crippen LogP contribution >= 0.6 is 0 Å². The second-order valence-corrected chi connectivity index (χ2v) is 12.0. The van der Waals surface area contributed by atoms with Gasteiger partial charge in [0.1, 0.15) is 23.2 Å². The van der Waals surface area contributed by atoms with Crippen LogP contribution in [0.1, 0.15) is 43.2 Å². The number of nitrogens with zero attached hydrogens (tertiary/aromatic N) is 3. The minimum absolute atomic E-state index is 0.0132. The Kier molecular flexibility index (Phi) is 8.87. The highest BCUT2D eigenvalue weighted by Gasteiger charge is 2.54. The Morgan fingerprint density at radius 3 is 2.51 bits per heavy atom. The lowest BCUT2D eigenvalue weighted by Gasteiger charge is -2.60. The van der Waals surface area contributed by atoms with Gasteiger partial charge in [-0.05, 0) is 73.8 Å². The van der Waals surface area contributed by atoms with Crippen molar-refractivity contribution in [3.05, 3.63) is 41.6 Å². The largest absolute Gasteiger partial charge is 0.573 e. The van der Waals surface area contributed by atoms with E-state index in [2.05, 4.69) is 36.7 Å². The predicted octanol–water partition coefficient (Wildman–Crippen LogP) is 3.90. The lowest BCUT2D eigenvalue weighted by atomic mass is 9.46. The van der Waals surface area contributed by atoms with Crippen LogP contribution in [0.5, 0.6) is 5.75 Å². The normalized spacial score (nSPS) is 26.7. The molecule has 222 valence electrons. The summed E-state index contributed by atoms with van der Waals surface area (Å²) in [7, 11) is 0. The second kappa shape index (κ2) is 12.4. The molecule has 6 rings (SSSR count). The number of hydrogen-bond acceptors (Lipinski definition) is 9. The number of para-hydroxylation sites is 1. The number of rotatable bonds is 13. The maximum absolute atomic E-state index is 12.8. The first-order valence-electron chi connectivity index (χ1n) is 14.2. The first-order chi connectivity index (χ1) is 19.7. The average molecular weight is 575 g/mol. The van der Waals surface area contributed by atoms with E-state index in [1.807, 2.05) is 0 Å². The van der Waals surface area contributed by atoms with Gasteiger partial charge in [0.2, 0.25) is 5.95 Å². The molecule has 12 heteroatoms. The summed E-state index contributed by atoms with van der Waals surface area (Å²) in [6.45, 7) is 2.17. The molecule has 4 saturated carbocycles. The van der Waals surface area contributed by atoms with E-state index in [4.69, 9.17) is 0 Å². The van der Waals surface area contributed by atoms with Crippen molar-refractivity contribution in [3.8, 4) is 11.8 Å². The molecular formula is C29H37F3N6O3.